The molecule has 6 nitrogen and oxygen atoms in total. The first kappa shape index (κ1) is 21.8. The fraction of sp³-hybridized carbons (Fsp3) is 0.160. The van der Waals surface area contributed by atoms with Crippen molar-refractivity contribution in [3.63, 3.8) is 0 Å². The van der Waals surface area contributed by atoms with E-state index in [1.807, 2.05) is 31.2 Å². The Morgan fingerprint density at radius 2 is 1.59 bits per heavy atom. The highest BCUT2D eigenvalue weighted by atomic mass is 79.9. The Bertz CT molecular complexity index is 1190. The van der Waals surface area contributed by atoms with Crippen molar-refractivity contribution in [3.05, 3.63) is 93.5 Å². The molecule has 4 rings (SSSR count). The topological polar surface area (TPSA) is 66.9 Å². The minimum Gasteiger partial charge on any atom is -0.494 e. The molecule has 0 saturated carbocycles. The largest absolute Gasteiger partial charge is 0.494 e. The molecule has 0 N–H and O–H groups in total. The maximum atomic E-state index is 13.0. The molecule has 0 radical (unpaired) electrons. The predicted octanol–water partition coefficient (Wildman–Crippen LogP) is 4.92. The van der Waals surface area contributed by atoms with Gasteiger partial charge in [0.25, 0.3) is 17.7 Å². The first-order chi connectivity index (χ1) is 15.4. The molecule has 1 aliphatic heterocycles. The molecule has 0 unspecified atom stereocenters. The second kappa shape index (κ2) is 8.96. The number of anilines is 1. The van der Waals surface area contributed by atoms with Crippen molar-refractivity contribution in [1.29, 1.82) is 0 Å². The van der Waals surface area contributed by atoms with Gasteiger partial charge in [-0.15, -0.1) is 0 Å². The molecule has 0 spiro atoms. The lowest BCUT2D eigenvalue weighted by atomic mass is 10.0. The lowest BCUT2D eigenvalue weighted by molar-refractivity contribution is 0.0784. The van der Waals surface area contributed by atoms with Crippen LogP contribution in [0.2, 0.25) is 0 Å². The molecule has 0 saturated heterocycles. The standard InChI is InChI=1S/C25H21BrN2O4/c1-3-32-20-11-9-19(10-12-20)28-24(30)21-13-6-17(14-22(21)25(28)31)23(29)27(2)15-16-4-7-18(26)8-5-16/h4-14H,3,15H2,1-2H3. The molecule has 1 heterocycles. The van der Waals surface area contributed by atoms with Gasteiger partial charge in [-0.3, -0.25) is 14.4 Å². The van der Waals surface area contributed by atoms with Crippen LogP contribution in [0.5, 0.6) is 5.75 Å². The summed E-state index contributed by atoms with van der Waals surface area (Å²) in [5.41, 5.74) is 2.32. The van der Waals surface area contributed by atoms with Gasteiger partial charge in [0.2, 0.25) is 0 Å². The van der Waals surface area contributed by atoms with Crippen molar-refractivity contribution < 1.29 is 19.1 Å². The average molecular weight is 493 g/mol. The van der Waals surface area contributed by atoms with Gasteiger partial charge in [0.05, 0.1) is 23.4 Å². The van der Waals surface area contributed by atoms with Crippen LogP contribution in [0.25, 0.3) is 0 Å². The molecule has 1 aliphatic rings. The van der Waals surface area contributed by atoms with E-state index in [1.165, 1.54) is 6.07 Å². The van der Waals surface area contributed by atoms with Gasteiger partial charge in [0, 0.05) is 23.6 Å². The third-order valence-electron chi connectivity index (χ3n) is 5.22. The first-order valence-corrected chi connectivity index (χ1v) is 10.9. The molecule has 0 bridgehead atoms. The number of ether oxygens (including phenoxy) is 1. The molecule has 0 aromatic heterocycles. The zero-order valence-electron chi connectivity index (χ0n) is 17.7. The molecule has 0 aliphatic carbocycles. The number of halogens is 1. The fourth-order valence-electron chi connectivity index (χ4n) is 3.62. The molecule has 3 aromatic carbocycles. The Morgan fingerprint density at radius 1 is 0.938 bits per heavy atom. The Morgan fingerprint density at radius 3 is 2.25 bits per heavy atom. The van der Waals surface area contributed by atoms with Crippen molar-refractivity contribution in [3.8, 4) is 5.75 Å². The van der Waals surface area contributed by atoms with Crippen LogP contribution in [0.4, 0.5) is 5.69 Å². The smallest absolute Gasteiger partial charge is 0.266 e. The molecule has 7 heteroatoms. The number of carbonyl (C=O) groups is 3. The summed E-state index contributed by atoms with van der Waals surface area (Å²) in [7, 11) is 1.71. The number of rotatable bonds is 6. The lowest BCUT2D eigenvalue weighted by Crippen LogP contribution is -2.29. The highest BCUT2D eigenvalue weighted by molar-refractivity contribution is 9.10. The normalized spacial score (nSPS) is 12.7. The average Bonchev–Trinajstić information content (AvgIpc) is 3.05. The number of hydrogen-bond acceptors (Lipinski definition) is 4. The van der Waals surface area contributed by atoms with Crippen LogP contribution < -0.4 is 9.64 Å². The minimum atomic E-state index is -0.445. The molecule has 0 atom stereocenters. The van der Waals surface area contributed by atoms with Crippen LogP contribution in [-0.4, -0.2) is 36.3 Å². The van der Waals surface area contributed by atoms with Crippen LogP contribution in [0, 0.1) is 0 Å². The zero-order valence-corrected chi connectivity index (χ0v) is 19.3. The van der Waals surface area contributed by atoms with Gasteiger partial charge in [-0.05, 0) is 67.1 Å². The molecule has 162 valence electrons. The number of amides is 3. The number of fused-ring (bicyclic) bond motifs is 1. The molecule has 0 fully saturated rings. The van der Waals surface area contributed by atoms with Crippen LogP contribution in [-0.2, 0) is 6.54 Å². The first-order valence-electron chi connectivity index (χ1n) is 10.1. The van der Waals surface area contributed by atoms with E-state index in [2.05, 4.69) is 15.9 Å². The monoisotopic (exact) mass is 492 g/mol. The SMILES string of the molecule is CCOc1ccc(N2C(=O)c3ccc(C(=O)N(C)Cc4ccc(Br)cc4)cc3C2=O)cc1. The maximum absolute atomic E-state index is 13.0. The van der Waals surface area contributed by atoms with Gasteiger partial charge in [0.15, 0.2) is 0 Å². The van der Waals surface area contributed by atoms with Crippen LogP contribution in [0.3, 0.4) is 0 Å². The van der Waals surface area contributed by atoms with Gasteiger partial charge < -0.3 is 9.64 Å². The predicted molar refractivity (Wildman–Crippen MR) is 125 cm³/mol. The van der Waals surface area contributed by atoms with E-state index < -0.39 is 11.8 Å². The summed E-state index contributed by atoms with van der Waals surface area (Å²) in [5, 5.41) is 0. The third-order valence-corrected chi connectivity index (χ3v) is 5.75. The Balaban J connectivity index is 1.55. The van der Waals surface area contributed by atoms with Gasteiger partial charge in [0.1, 0.15) is 5.75 Å². The number of benzene rings is 3. The summed E-state index contributed by atoms with van der Waals surface area (Å²) >= 11 is 3.40. The van der Waals surface area contributed by atoms with Crippen molar-refractivity contribution in [1.82, 2.24) is 4.90 Å². The third kappa shape index (κ3) is 4.16. The lowest BCUT2D eigenvalue weighted by Gasteiger charge is -2.17. The molecule has 32 heavy (non-hydrogen) atoms. The molecular weight excluding hydrogens is 472 g/mol. The number of imide groups is 1. The van der Waals surface area contributed by atoms with Crippen molar-refractivity contribution >= 4 is 39.3 Å². The zero-order chi connectivity index (χ0) is 22.8. The van der Waals surface area contributed by atoms with E-state index in [0.717, 1.165) is 14.9 Å². The second-order valence-corrected chi connectivity index (χ2v) is 8.34. The Hall–Kier alpha value is -3.45. The highest BCUT2D eigenvalue weighted by Crippen LogP contribution is 2.30. The van der Waals surface area contributed by atoms with E-state index in [1.54, 1.807) is 48.3 Å². The molecule has 3 amide bonds. The molecular formula is C25H21BrN2O4. The Labute approximate surface area is 194 Å². The van der Waals surface area contributed by atoms with E-state index in [-0.39, 0.29) is 17.0 Å². The van der Waals surface area contributed by atoms with E-state index in [9.17, 15) is 14.4 Å². The second-order valence-electron chi connectivity index (χ2n) is 7.42. The summed E-state index contributed by atoms with van der Waals surface area (Å²) in [4.78, 5) is 41.6. The van der Waals surface area contributed by atoms with Gasteiger partial charge >= 0.3 is 0 Å². The van der Waals surface area contributed by atoms with Crippen LogP contribution in [0.15, 0.2) is 71.2 Å². The quantitative estimate of drug-likeness (QED) is 0.458. The summed E-state index contributed by atoms with van der Waals surface area (Å²) in [6, 6.07) is 19.1. The fourth-order valence-corrected chi connectivity index (χ4v) is 3.89. The molecule has 3 aromatic rings. The van der Waals surface area contributed by atoms with Crippen molar-refractivity contribution in [2.24, 2.45) is 0 Å². The van der Waals surface area contributed by atoms with Crippen LogP contribution in [0.1, 0.15) is 43.6 Å². The maximum Gasteiger partial charge on any atom is 0.266 e. The number of nitrogens with zero attached hydrogens (tertiary/aromatic N) is 2. The minimum absolute atomic E-state index is 0.226. The van der Waals surface area contributed by atoms with Gasteiger partial charge in [-0.1, -0.05) is 28.1 Å². The summed E-state index contributed by atoms with van der Waals surface area (Å²) in [5.74, 6) is -0.416. The Kier molecular flexibility index (Phi) is 6.10. The summed E-state index contributed by atoms with van der Waals surface area (Å²) < 4.78 is 6.39. The van der Waals surface area contributed by atoms with Crippen LogP contribution >= 0.6 is 15.9 Å². The number of carbonyl (C=O) groups excluding carboxylic acids is 3. The van der Waals surface area contributed by atoms with Crippen molar-refractivity contribution in [2.75, 3.05) is 18.6 Å². The highest BCUT2D eigenvalue weighted by Gasteiger charge is 2.37. The number of hydrogen-bond donors (Lipinski definition) is 0. The van der Waals surface area contributed by atoms with E-state index in [0.29, 0.717) is 30.2 Å². The van der Waals surface area contributed by atoms with Gasteiger partial charge in [-0.2, -0.15) is 0 Å². The summed E-state index contributed by atoms with van der Waals surface area (Å²) in [6.45, 7) is 2.83. The van der Waals surface area contributed by atoms with E-state index >= 15 is 0 Å². The van der Waals surface area contributed by atoms with Gasteiger partial charge in [-0.25, -0.2) is 4.90 Å². The summed E-state index contributed by atoms with van der Waals surface area (Å²) in [6.07, 6.45) is 0. The van der Waals surface area contributed by atoms with E-state index in [4.69, 9.17) is 4.74 Å². The van der Waals surface area contributed by atoms with Crippen molar-refractivity contribution in [2.45, 2.75) is 13.5 Å².